The first-order chi connectivity index (χ1) is 8.67. The third-order valence-corrected chi connectivity index (χ3v) is 2.89. The second-order valence-electron chi connectivity index (χ2n) is 4.45. The Morgan fingerprint density at radius 2 is 2.06 bits per heavy atom. The standard InChI is InChI=1S/C12H23N3O3/c1-2-6-14-11(16)5-7-15-12(17)10-4-3-9(8-13)18-10/h9-10H,2-8,13H2,1H3,(H,14,16)(H,15,17). The van der Waals surface area contributed by atoms with Crippen molar-refractivity contribution in [1.29, 1.82) is 0 Å². The van der Waals surface area contributed by atoms with E-state index >= 15 is 0 Å². The molecule has 1 rings (SSSR count). The molecule has 2 atom stereocenters. The van der Waals surface area contributed by atoms with Crippen LogP contribution < -0.4 is 16.4 Å². The number of ether oxygens (including phenoxy) is 1. The number of nitrogens with two attached hydrogens (primary N) is 1. The molecular weight excluding hydrogens is 234 g/mol. The van der Waals surface area contributed by atoms with Crippen molar-refractivity contribution in [1.82, 2.24) is 10.6 Å². The zero-order valence-electron chi connectivity index (χ0n) is 10.9. The maximum absolute atomic E-state index is 11.7. The first kappa shape index (κ1) is 14.9. The van der Waals surface area contributed by atoms with Gasteiger partial charge in [-0.3, -0.25) is 9.59 Å². The predicted molar refractivity (Wildman–Crippen MR) is 67.9 cm³/mol. The molecule has 6 nitrogen and oxygen atoms in total. The largest absolute Gasteiger partial charge is 0.364 e. The van der Waals surface area contributed by atoms with E-state index in [4.69, 9.17) is 10.5 Å². The number of carbonyl (C=O) groups excluding carboxylic acids is 2. The molecule has 0 aromatic carbocycles. The molecule has 2 unspecified atom stereocenters. The molecular formula is C12H23N3O3. The topological polar surface area (TPSA) is 93.5 Å². The van der Waals surface area contributed by atoms with Gasteiger partial charge in [-0.1, -0.05) is 6.92 Å². The lowest BCUT2D eigenvalue weighted by atomic mass is 10.2. The van der Waals surface area contributed by atoms with E-state index in [-0.39, 0.29) is 17.9 Å². The lowest BCUT2D eigenvalue weighted by Crippen LogP contribution is -2.37. The Morgan fingerprint density at radius 3 is 2.67 bits per heavy atom. The maximum atomic E-state index is 11.7. The molecule has 6 heteroatoms. The van der Waals surface area contributed by atoms with Crippen LogP contribution in [0.5, 0.6) is 0 Å². The normalized spacial score (nSPS) is 22.8. The minimum atomic E-state index is -0.405. The number of hydrogen-bond donors (Lipinski definition) is 3. The van der Waals surface area contributed by atoms with Crippen molar-refractivity contribution in [3.63, 3.8) is 0 Å². The van der Waals surface area contributed by atoms with Gasteiger partial charge in [0.15, 0.2) is 0 Å². The van der Waals surface area contributed by atoms with Crippen LogP contribution in [0.3, 0.4) is 0 Å². The van der Waals surface area contributed by atoms with Crippen molar-refractivity contribution in [2.24, 2.45) is 5.73 Å². The fourth-order valence-corrected chi connectivity index (χ4v) is 1.84. The molecule has 0 bridgehead atoms. The van der Waals surface area contributed by atoms with Gasteiger partial charge in [-0.15, -0.1) is 0 Å². The monoisotopic (exact) mass is 257 g/mol. The quantitative estimate of drug-likeness (QED) is 0.574. The van der Waals surface area contributed by atoms with E-state index in [9.17, 15) is 9.59 Å². The third-order valence-electron chi connectivity index (χ3n) is 2.89. The Balaban J connectivity index is 2.12. The molecule has 18 heavy (non-hydrogen) atoms. The van der Waals surface area contributed by atoms with E-state index in [1.54, 1.807) is 0 Å². The maximum Gasteiger partial charge on any atom is 0.249 e. The summed E-state index contributed by atoms with van der Waals surface area (Å²) in [6.45, 7) is 3.47. The lowest BCUT2D eigenvalue weighted by molar-refractivity contribution is -0.131. The first-order valence-corrected chi connectivity index (χ1v) is 6.57. The Morgan fingerprint density at radius 1 is 1.28 bits per heavy atom. The summed E-state index contributed by atoms with van der Waals surface area (Å²) >= 11 is 0. The highest BCUT2D eigenvalue weighted by Gasteiger charge is 2.29. The second-order valence-corrected chi connectivity index (χ2v) is 4.45. The molecule has 1 aliphatic heterocycles. The van der Waals surface area contributed by atoms with Gasteiger partial charge in [0.2, 0.25) is 11.8 Å². The van der Waals surface area contributed by atoms with Gasteiger partial charge in [0.05, 0.1) is 6.10 Å². The Hall–Kier alpha value is -1.14. The molecule has 1 fully saturated rings. The number of hydrogen-bond acceptors (Lipinski definition) is 4. The van der Waals surface area contributed by atoms with Gasteiger partial charge in [0.1, 0.15) is 6.10 Å². The zero-order valence-corrected chi connectivity index (χ0v) is 10.9. The van der Waals surface area contributed by atoms with Crippen molar-refractivity contribution in [2.45, 2.75) is 44.8 Å². The third kappa shape index (κ3) is 5.01. The van der Waals surface area contributed by atoms with E-state index in [2.05, 4.69) is 10.6 Å². The minimum Gasteiger partial charge on any atom is -0.364 e. The zero-order chi connectivity index (χ0) is 13.4. The van der Waals surface area contributed by atoms with Gasteiger partial charge in [0, 0.05) is 26.1 Å². The van der Waals surface area contributed by atoms with Gasteiger partial charge >= 0.3 is 0 Å². The average Bonchev–Trinajstić information content (AvgIpc) is 2.85. The summed E-state index contributed by atoms with van der Waals surface area (Å²) in [4.78, 5) is 23.0. The molecule has 0 saturated carbocycles. The second kappa shape index (κ2) is 8.05. The van der Waals surface area contributed by atoms with Crippen molar-refractivity contribution in [3.05, 3.63) is 0 Å². The Labute approximate surface area is 108 Å². The van der Waals surface area contributed by atoms with Crippen LogP contribution in [0, 0.1) is 0 Å². The van der Waals surface area contributed by atoms with Crippen LogP contribution in [0.15, 0.2) is 0 Å². The number of nitrogens with one attached hydrogen (secondary N) is 2. The highest BCUT2D eigenvalue weighted by Crippen LogP contribution is 2.18. The number of rotatable bonds is 7. The fraction of sp³-hybridized carbons (Fsp3) is 0.833. The van der Waals surface area contributed by atoms with Gasteiger partial charge in [-0.05, 0) is 19.3 Å². The molecule has 0 aliphatic carbocycles. The summed E-state index contributed by atoms with van der Waals surface area (Å²) in [5.41, 5.74) is 5.47. The van der Waals surface area contributed by atoms with Gasteiger partial charge in [-0.25, -0.2) is 0 Å². The summed E-state index contributed by atoms with van der Waals surface area (Å²) in [5.74, 6) is -0.182. The van der Waals surface area contributed by atoms with Gasteiger partial charge in [0.25, 0.3) is 0 Å². The lowest BCUT2D eigenvalue weighted by Gasteiger charge is -2.12. The van der Waals surface area contributed by atoms with E-state index in [1.807, 2.05) is 6.92 Å². The van der Waals surface area contributed by atoms with Crippen LogP contribution in [0.25, 0.3) is 0 Å². The first-order valence-electron chi connectivity index (χ1n) is 6.57. The van der Waals surface area contributed by atoms with Gasteiger partial charge in [-0.2, -0.15) is 0 Å². The van der Waals surface area contributed by atoms with Crippen LogP contribution in [-0.4, -0.2) is 43.7 Å². The molecule has 0 aromatic rings. The minimum absolute atomic E-state index is 0.00592. The summed E-state index contributed by atoms with van der Waals surface area (Å²) in [5, 5.41) is 5.46. The Bertz CT molecular complexity index is 284. The highest BCUT2D eigenvalue weighted by atomic mass is 16.5. The van der Waals surface area contributed by atoms with Crippen LogP contribution in [0.2, 0.25) is 0 Å². The van der Waals surface area contributed by atoms with Crippen LogP contribution >= 0.6 is 0 Å². The summed E-state index contributed by atoms with van der Waals surface area (Å²) in [7, 11) is 0. The number of amides is 2. The molecule has 2 amide bonds. The van der Waals surface area contributed by atoms with Crippen LogP contribution in [0.4, 0.5) is 0 Å². The van der Waals surface area contributed by atoms with Crippen molar-refractivity contribution in [3.8, 4) is 0 Å². The van der Waals surface area contributed by atoms with E-state index in [0.29, 0.717) is 32.5 Å². The highest BCUT2D eigenvalue weighted by molar-refractivity contribution is 5.82. The van der Waals surface area contributed by atoms with Crippen LogP contribution in [0.1, 0.15) is 32.6 Å². The molecule has 0 radical (unpaired) electrons. The molecule has 0 aromatic heterocycles. The van der Waals surface area contributed by atoms with Crippen molar-refractivity contribution in [2.75, 3.05) is 19.6 Å². The molecule has 104 valence electrons. The van der Waals surface area contributed by atoms with Gasteiger partial charge < -0.3 is 21.1 Å². The van der Waals surface area contributed by atoms with Crippen molar-refractivity contribution >= 4 is 11.8 Å². The smallest absolute Gasteiger partial charge is 0.249 e. The summed E-state index contributed by atoms with van der Waals surface area (Å²) < 4.78 is 5.46. The SMILES string of the molecule is CCCNC(=O)CCNC(=O)C1CCC(CN)O1. The van der Waals surface area contributed by atoms with E-state index < -0.39 is 6.10 Å². The predicted octanol–water partition coefficient (Wildman–Crippen LogP) is -0.475. The molecule has 1 aliphatic rings. The summed E-state index contributed by atoms with van der Waals surface area (Å²) in [6, 6.07) is 0. The number of carbonyl (C=O) groups is 2. The summed E-state index contributed by atoms with van der Waals surface area (Å²) in [6.07, 6.45) is 2.33. The molecule has 0 spiro atoms. The average molecular weight is 257 g/mol. The van der Waals surface area contributed by atoms with Crippen molar-refractivity contribution < 1.29 is 14.3 Å². The molecule has 1 saturated heterocycles. The molecule has 1 heterocycles. The Kier molecular flexibility index (Phi) is 6.67. The fourth-order valence-electron chi connectivity index (χ4n) is 1.84. The van der Waals surface area contributed by atoms with E-state index in [1.165, 1.54) is 0 Å². The van der Waals surface area contributed by atoms with E-state index in [0.717, 1.165) is 12.8 Å². The molecule has 4 N–H and O–H groups in total. The van der Waals surface area contributed by atoms with Crippen LogP contribution in [-0.2, 0) is 14.3 Å².